The van der Waals surface area contributed by atoms with Crippen LogP contribution < -0.4 is 26.9 Å². The van der Waals surface area contributed by atoms with E-state index in [1.54, 1.807) is 0 Å². The quantitative estimate of drug-likeness (QED) is 0.662. The molecule has 0 radical (unpaired) electrons. The van der Waals surface area contributed by atoms with Gasteiger partial charge in [-0.05, 0) is 38.3 Å². The van der Waals surface area contributed by atoms with E-state index in [1.165, 1.54) is 32.1 Å². The summed E-state index contributed by atoms with van der Waals surface area (Å²) in [6, 6.07) is 2.40. The van der Waals surface area contributed by atoms with Crippen LogP contribution in [0.5, 0.6) is 0 Å². The summed E-state index contributed by atoms with van der Waals surface area (Å²) < 4.78 is 39.2. The molecule has 1 aliphatic carbocycles. The van der Waals surface area contributed by atoms with Gasteiger partial charge < -0.3 is 16.4 Å². The Morgan fingerprint density at radius 2 is 1.84 bits per heavy atom. The van der Waals surface area contributed by atoms with Crippen molar-refractivity contribution in [3.8, 4) is 0 Å². The van der Waals surface area contributed by atoms with Crippen molar-refractivity contribution in [2.75, 3.05) is 12.3 Å². The number of nitrogens with zero attached hydrogens (tertiary/aromatic N) is 3. The second-order valence-electron chi connectivity index (χ2n) is 8.16. The van der Waals surface area contributed by atoms with Gasteiger partial charge >= 0.3 is 0 Å². The molecule has 2 fully saturated rings. The smallest absolute Gasteiger partial charge is 0.237 e. The highest BCUT2D eigenvalue weighted by Gasteiger charge is 2.24. The second kappa shape index (κ2) is 9.64. The van der Waals surface area contributed by atoms with Gasteiger partial charge in [-0.15, -0.1) is 0 Å². The van der Waals surface area contributed by atoms with Gasteiger partial charge in [-0.3, -0.25) is 4.79 Å². The van der Waals surface area contributed by atoms with Gasteiger partial charge in [-0.2, -0.15) is 0 Å². The van der Waals surface area contributed by atoms with E-state index >= 15 is 0 Å². The van der Waals surface area contributed by atoms with Gasteiger partial charge in [0.25, 0.3) is 0 Å². The topological polar surface area (TPSA) is 105 Å². The zero-order valence-corrected chi connectivity index (χ0v) is 17.5. The van der Waals surface area contributed by atoms with Gasteiger partial charge in [0.15, 0.2) is 23.3 Å². The lowest BCUT2D eigenvalue weighted by Crippen LogP contribution is -2.45. The predicted octanol–water partition coefficient (Wildman–Crippen LogP) is 1.45. The second-order valence-corrected chi connectivity index (χ2v) is 8.16. The fourth-order valence-electron chi connectivity index (χ4n) is 4.10. The number of aromatic nitrogens is 2. The maximum Gasteiger partial charge on any atom is 0.237 e. The van der Waals surface area contributed by atoms with Gasteiger partial charge in [0.2, 0.25) is 5.91 Å². The van der Waals surface area contributed by atoms with E-state index in [-0.39, 0.29) is 39.9 Å². The molecule has 0 bridgehead atoms. The van der Waals surface area contributed by atoms with Gasteiger partial charge in [0.05, 0.1) is 12.2 Å². The van der Waals surface area contributed by atoms with Gasteiger partial charge in [0.1, 0.15) is 16.9 Å². The third-order valence-electron chi connectivity index (χ3n) is 5.82. The predicted molar refractivity (Wildman–Crippen MR) is 112 cm³/mol. The van der Waals surface area contributed by atoms with Crippen LogP contribution in [0.15, 0.2) is 23.3 Å². The van der Waals surface area contributed by atoms with Gasteiger partial charge in [0, 0.05) is 17.3 Å². The Hall–Kier alpha value is -3.01. The first-order valence-corrected chi connectivity index (χ1v) is 10.8. The van der Waals surface area contributed by atoms with E-state index in [1.807, 2.05) is 0 Å². The number of benzene rings is 1. The number of anilines is 1. The summed E-state index contributed by atoms with van der Waals surface area (Å²) in [5.74, 6) is -2.32. The lowest BCUT2D eigenvalue weighted by molar-refractivity contribution is -0.123. The molecule has 1 amide bonds. The van der Waals surface area contributed by atoms with Crippen molar-refractivity contribution in [3.05, 3.63) is 52.2 Å². The molecular weight excluding hydrogens is 421 g/mol. The average Bonchev–Trinajstić information content (AvgIpc) is 3.29. The molecule has 1 unspecified atom stereocenters. The van der Waals surface area contributed by atoms with Crippen molar-refractivity contribution in [1.29, 1.82) is 0 Å². The molecule has 1 saturated heterocycles. The van der Waals surface area contributed by atoms with Crippen LogP contribution in [0.25, 0.3) is 5.70 Å². The Bertz CT molecular complexity index is 1130. The van der Waals surface area contributed by atoms with Crippen molar-refractivity contribution in [1.82, 2.24) is 20.6 Å². The Morgan fingerprint density at radius 1 is 1.06 bits per heavy atom. The van der Waals surface area contributed by atoms with Crippen LogP contribution in [0, 0.1) is 17.5 Å². The highest BCUT2D eigenvalue weighted by molar-refractivity contribution is 5.82. The molecular formula is C22H25F3N6O. The zero-order valence-electron chi connectivity index (χ0n) is 17.5. The summed E-state index contributed by atoms with van der Waals surface area (Å²) in [5, 5.41) is 6.68. The van der Waals surface area contributed by atoms with E-state index in [0.29, 0.717) is 6.04 Å². The molecule has 1 saturated carbocycles. The molecule has 1 atom stereocenters. The first kappa shape index (κ1) is 22.2. The Morgan fingerprint density at radius 3 is 2.53 bits per heavy atom. The summed E-state index contributed by atoms with van der Waals surface area (Å²) in [4.78, 5) is 22.9. The molecule has 4 N–H and O–H groups in total. The molecule has 3 heterocycles. The maximum atomic E-state index is 13.3. The number of nitrogens with two attached hydrogens (primary N) is 1. The number of nitrogens with one attached hydrogen (secondary N) is 2. The number of fused-ring (bicyclic) bond motifs is 1. The third kappa shape index (κ3) is 4.90. The van der Waals surface area contributed by atoms with Crippen molar-refractivity contribution >= 4 is 17.4 Å². The molecule has 5 rings (SSSR count). The van der Waals surface area contributed by atoms with Crippen LogP contribution in [-0.4, -0.2) is 34.5 Å². The van der Waals surface area contributed by atoms with Crippen molar-refractivity contribution in [2.24, 2.45) is 4.99 Å². The van der Waals surface area contributed by atoms with Crippen LogP contribution in [0.1, 0.15) is 50.8 Å². The Labute approximate surface area is 183 Å². The fourth-order valence-corrected chi connectivity index (χ4v) is 4.10. The molecule has 10 heteroatoms. The van der Waals surface area contributed by atoms with Crippen LogP contribution >= 0.6 is 0 Å². The van der Waals surface area contributed by atoms with Crippen LogP contribution in [0.4, 0.5) is 19.0 Å². The Kier molecular flexibility index (Phi) is 6.69. The standard InChI is InChI=1S/C11H5F3N4.C11H20N2O/c12-4-1-5-8(6(13)2-4)17-9(5)11-16-3-7(14)10(15)18-11;14-11(10-7-4-8-12-10)13-9-5-2-1-3-6-9/h1-3H,(H2,15,16,18);9-10,12H,1-8H2,(H,13,14). The average molecular weight is 446 g/mol. The molecule has 3 aliphatic rings. The van der Waals surface area contributed by atoms with Crippen molar-refractivity contribution in [2.45, 2.75) is 57.0 Å². The number of hydrogen-bond acceptors (Lipinski definition) is 6. The highest BCUT2D eigenvalue weighted by Crippen LogP contribution is 2.18. The number of amides is 1. The van der Waals surface area contributed by atoms with Crippen LogP contribution in [-0.2, 0) is 4.79 Å². The largest absolute Gasteiger partial charge is 0.381 e. The zero-order chi connectivity index (χ0) is 22.7. The summed E-state index contributed by atoms with van der Waals surface area (Å²) in [6.07, 6.45) is 9.30. The first-order valence-electron chi connectivity index (χ1n) is 10.8. The van der Waals surface area contributed by atoms with Gasteiger partial charge in [-0.1, -0.05) is 19.3 Å². The molecule has 2 aliphatic heterocycles. The first-order chi connectivity index (χ1) is 15.4. The molecule has 7 nitrogen and oxygen atoms in total. The SMILES string of the molecule is Nc1nc(C2=c3cc(F)cc(F)c3=N2)ncc1F.O=C(NC1CCCCC1)C1CCCN1. The molecule has 1 aromatic carbocycles. The number of carbonyl (C=O) groups excluding carboxylic acids is 1. The minimum absolute atomic E-state index is 0.0337. The third-order valence-corrected chi connectivity index (χ3v) is 5.82. The van der Waals surface area contributed by atoms with E-state index in [4.69, 9.17) is 5.73 Å². The summed E-state index contributed by atoms with van der Waals surface area (Å²) in [5.41, 5.74) is 5.48. The van der Waals surface area contributed by atoms with Crippen molar-refractivity contribution in [3.63, 3.8) is 0 Å². The number of halogens is 3. The molecule has 0 spiro atoms. The van der Waals surface area contributed by atoms with Gasteiger partial charge in [-0.25, -0.2) is 28.1 Å². The summed E-state index contributed by atoms with van der Waals surface area (Å²) in [6.45, 7) is 1.00. The molecule has 32 heavy (non-hydrogen) atoms. The number of nitrogen functional groups attached to an aromatic ring is 1. The lowest BCUT2D eigenvalue weighted by atomic mass is 9.95. The fraction of sp³-hybridized carbons (Fsp3) is 0.455. The van der Waals surface area contributed by atoms with Crippen molar-refractivity contribution < 1.29 is 18.0 Å². The lowest BCUT2D eigenvalue weighted by Gasteiger charge is -2.24. The summed E-state index contributed by atoms with van der Waals surface area (Å²) in [7, 11) is 0. The normalized spacial score (nSPS) is 19.8. The number of hydrogen-bond donors (Lipinski definition) is 3. The molecule has 2 aromatic rings. The number of rotatable bonds is 3. The van der Waals surface area contributed by atoms with E-state index in [2.05, 4.69) is 25.6 Å². The number of carbonyl (C=O) groups is 1. The van der Waals surface area contributed by atoms with Crippen LogP contribution in [0.3, 0.4) is 0 Å². The molecule has 170 valence electrons. The highest BCUT2D eigenvalue weighted by atomic mass is 19.1. The van der Waals surface area contributed by atoms with E-state index in [9.17, 15) is 18.0 Å². The minimum Gasteiger partial charge on any atom is -0.381 e. The maximum absolute atomic E-state index is 13.3. The van der Waals surface area contributed by atoms with E-state index in [0.717, 1.165) is 37.7 Å². The summed E-state index contributed by atoms with van der Waals surface area (Å²) >= 11 is 0. The van der Waals surface area contributed by atoms with Crippen LogP contribution in [0.2, 0.25) is 0 Å². The Balaban J connectivity index is 0.000000158. The minimum atomic E-state index is -0.760. The molecule has 1 aromatic heterocycles. The van der Waals surface area contributed by atoms with E-state index < -0.39 is 17.5 Å². The monoisotopic (exact) mass is 446 g/mol.